The monoisotopic (exact) mass is 247 g/mol. The van der Waals surface area contributed by atoms with Crippen LogP contribution in [0.4, 0.5) is 0 Å². The summed E-state index contributed by atoms with van der Waals surface area (Å²) in [7, 11) is 3.88. The van der Waals surface area contributed by atoms with Gasteiger partial charge in [-0.2, -0.15) is 0 Å². The summed E-state index contributed by atoms with van der Waals surface area (Å²) in [6.07, 6.45) is 0.465. The fourth-order valence-corrected chi connectivity index (χ4v) is 2.13. The Hall–Kier alpha value is -1.88. The van der Waals surface area contributed by atoms with Gasteiger partial charge in [-0.25, -0.2) is 4.79 Å². The molecule has 0 radical (unpaired) electrons. The number of hydrogen-bond donors (Lipinski definition) is 2. The Balaban J connectivity index is 2.43. The lowest BCUT2D eigenvalue weighted by Gasteiger charge is -2.23. The minimum atomic E-state index is -0.213. The van der Waals surface area contributed by atoms with Crippen molar-refractivity contribution in [3.05, 3.63) is 34.2 Å². The molecule has 1 aromatic heterocycles. The molecule has 0 aliphatic carbocycles. The van der Waals surface area contributed by atoms with Gasteiger partial charge in [0.15, 0.2) is 0 Å². The third-order valence-corrected chi connectivity index (χ3v) is 3.03. The van der Waals surface area contributed by atoms with Crippen molar-refractivity contribution in [1.82, 2.24) is 14.9 Å². The molecule has 18 heavy (non-hydrogen) atoms. The first-order chi connectivity index (χ1) is 8.47. The van der Waals surface area contributed by atoms with Crippen molar-refractivity contribution in [2.45, 2.75) is 19.4 Å². The SMILES string of the molecule is CC(=O)CC(c1ccc2[nH]c(=O)[nH]c2c1)N(C)C. The van der Waals surface area contributed by atoms with Gasteiger partial charge in [0.2, 0.25) is 0 Å². The van der Waals surface area contributed by atoms with E-state index in [0.717, 1.165) is 16.6 Å². The lowest BCUT2D eigenvalue weighted by Crippen LogP contribution is -2.22. The van der Waals surface area contributed by atoms with E-state index in [9.17, 15) is 9.59 Å². The first kappa shape index (κ1) is 12.6. The summed E-state index contributed by atoms with van der Waals surface area (Å²) in [5, 5.41) is 0. The second-order valence-electron chi connectivity index (χ2n) is 4.77. The van der Waals surface area contributed by atoms with Gasteiger partial charge in [-0.3, -0.25) is 4.79 Å². The Morgan fingerprint density at radius 2 is 1.94 bits per heavy atom. The Morgan fingerprint density at radius 1 is 1.28 bits per heavy atom. The van der Waals surface area contributed by atoms with E-state index in [1.54, 1.807) is 6.92 Å². The number of nitrogens with zero attached hydrogens (tertiary/aromatic N) is 1. The summed E-state index contributed by atoms with van der Waals surface area (Å²) in [5.41, 5.74) is 2.37. The highest BCUT2D eigenvalue weighted by Crippen LogP contribution is 2.24. The largest absolute Gasteiger partial charge is 0.323 e. The van der Waals surface area contributed by atoms with Crippen LogP contribution in [0.1, 0.15) is 24.9 Å². The van der Waals surface area contributed by atoms with Crippen LogP contribution in [-0.2, 0) is 4.79 Å². The number of carbonyl (C=O) groups excluding carboxylic acids is 1. The zero-order chi connectivity index (χ0) is 13.3. The highest BCUT2D eigenvalue weighted by atomic mass is 16.1. The van der Waals surface area contributed by atoms with Crippen molar-refractivity contribution in [2.24, 2.45) is 0 Å². The summed E-state index contributed by atoms with van der Waals surface area (Å²) in [6, 6.07) is 5.75. The number of fused-ring (bicyclic) bond motifs is 1. The minimum absolute atomic E-state index is 0.0327. The number of aromatic amines is 2. The van der Waals surface area contributed by atoms with Gasteiger partial charge in [0.05, 0.1) is 11.0 Å². The van der Waals surface area contributed by atoms with Crippen molar-refractivity contribution < 1.29 is 4.79 Å². The number of rotatable bonds is 4. The molecule has 0 fully saturated rings. The Bertz CT molecular complexity index is 624. The van der Waals surface area contributed by atoms with Gasteiger partial charge in [0.25, 0.3) is 0 Å². The number of hydrogen-bond acceptors (Lipinski definition) is 3. The predicted octanol–water partition coefficient (Wildman–Crippen LogP) is 1.44. The van der Waals surface area contributed by atoms with Crippen molar-refractivity contribution >= 4 is 16.8 Å². The maximum absolute atomic E-state index is 11.3. The molecule has 1 unspecified atom stereocenters. The fourth-order valence-electron chi connectivity index (χ4n) is 2.13. The van der Waals surface area contributed by atoms with Crippen molar-refractivity contribution in [3.8, 4) is 0 Å². The van der Waals surface area contributed by atoms with Crippen molar-refractivity contribution in [3.63, 3.8) is 0 Å². The van der Waals surface area contributed by atoms with E-state index in [0.29, 0.717) is 6.42 Å². The Morgan fingerprint density at radius 3 is 2.56 bits per heavy atom. The van der Waals surface area contributed by atoms with Crippen molar-refractivity contribution in [2.75, 3.05) is 14.1 Å². The van der Waals surface area contributed by atoms with Crippen LogP contribution in [0.25, 0.3) is 11.0 Å². The molecule has 0 bridgehead atoms. The molecular formula is C13H17N3O2. The number of ketones is 1. The molecule has 5 nitrogen and oxygen atoms in total. The molecule has 0 spiro atoms. The van der Waals surface area contributed by atoms with Gasteiger partial charge < -0.3 is 14.9 Å². The van der Waals surface area contributed by atoms with Gasteiger partial charge in [-0.15, -0.1) is 0 Å². The Kier molecular flexibility index (Phi) is 3.34. The van der Waals surface area contributed by atoms with Gasteiger partial charge in [-0.1, -0.05) is 6.07 Å². The predicted molar refractivity (Wildman–Crippen MR) is 70.6 cm³/mol. The number of aromatic nitrogens is 2. The molecule has 2 rings (SSSR count). The van der Waals surface area contributed by atoms with Crippen molar-refractivity contribution in [1.29, 1.82) is 0 Å². The van der Waals surface area contributed by atoms with Crippen LogP contribution in [0, 0.1) is 0 Å². The number of imidazole rings is 1. The second-order valence-corrected chi connectivity index (χ2v) is 4.77. The third kappa shape index (κ3) is 2.51. The summed E-state index contributed by atoms with van der Waals surface area (Å²) in [6.45, 7) is 1.59. The van der Waals surface area contributed by atoms with E-state index in [4.69, 9.17) is 0 Å². The maximum Gasteiger partial charge on any atom is 0.323 e. The number of H-pyrrole nitrogens is 2. The number of Topliss-reactive ketones (excluding diaryl/α,β-unsaturated/α-hetero) is 1. The van der Waals surface area contributed by atoms with Gasteiger partial charge in [-0.05, 0) is 38.7 Å². The first-order valence-corrected chi connectivity index (χ1v) is 5.85. The molecule has 2 aromatic rings. The summed E-state index contributed by atoms with van der Waals surface area (Å²) >= 11 is 0. The van der Waals surface area contributed by atoms with Crippen LogP contribution in [-0.4, -0.2) is 34.7 Å². The van der Waals surface area contributed by atoms with Gasteiger partial charge in [0, 0.05) is 12.5 Å². The van der Waals surface area contributed by atoms with Crippen LogP contribution in [0.5, 0.6) is 0 Å². The normalized spacial score (nSPS) is 13.1. The van der Waals surface area contributed by atoms with Gasteiger partial charge >= 0.3 is 5.69 Å². The quantitative estimate of drug-likeness (QED) is 0.859. The molecule has 0 aliphatic heterocycles. The smallest absolute Gasteiger partial charge is 0.306 e. The third-order valence-electron chi connectivity index (χ3n) is 3.03. The van der Waals surface area contributed by atoms with Crippen LogP contribution >= 0.6 is 0 Å². The molecule has 96 valence electrons. The van der Waals surface area contributed by atoms with Crippen LogP contribution < -0.4 is 5.69 Å². The molecule has 0 saturated carbocycles. The molecule has 1 aromatic carbocycles. The molecular weight excluding hydrogens is 230 g/mol. The summed E-state index contributed by atoms with van der Waals surface area (Å²) in [4.78, 5) is 30.0. The lowest BCUT2D eigenvalue weighted by atomic mass is 10.0. The topological polar surface area (TPSA) is 69.0 Å². The molecule has 5 heteroatoms. The highest BCUT2D eigenvalue weighted by molar-refractivity contribution is 5.78. The zero-order valence-electron chi connectivity index (χ0n) is 10.8. The van der Waals surface area contributed by atoms with Crippen LogP contribution in [0.2, 0.25) is 0 Å². The lowest BCUT2D eigenvalue weighted by molar-refractivity contribution is -0.118. The standard InChI is InChI=1S/C13H17N3O2/c1-8(17)6-12(16(2)3)9-4-5-10-11(7-9)15-13(18)14-10/h4-5,7,12H,6H2,1-3H3,(H2,14,15,18). The van der Waals surface area contributed by atoms with E-state index < -0.39 is 0 Å². The Labute approximate surface area is 105 Å². The average molecular weight is 247 g/mol. The molecule has 0 amide bonds. The molecule has 1 atom stereocenters. The fraction of sp³-hybridized carbons (Fsp3) is 0.385. The van der Waals surface area contributed by atoms with E-state index in [2.05, 4.69) is 9.97 Å². The minimum Gasteiger partial charge on any atom is -0.306 e. The van der Waals surface area contributed by atoms with Gasteiger partial charge in [0.1, 0.15) is 5.78 Å². The molecule has 0 aliphatic rings. The number of nitrogens with one attached hydrogen (secondary N) is 2. The highest BCUT2D eigenvalue weighted by Gasteiger charge is 2.16. The second kappa shape index (κ2) is 4.78. The molecule has 0 saturated heterocycles. The number of carbonyl (C=O) groups is 1. The molecule has 2 N–H and O–H groups in total. The first-order valence-electron chi connectivity index (χ1n) is 5.85. The maximum atomic E-state index is 11.3. The summed E-state index contributed by atoms with van der Waals surface area (Å²) in [5.74, 6) is 0.149. The van der Waals surface area contributed by atoms with E-state index >= 15 is 0 Å². The van der Waals surface area contributed by atoms with Crippen LogP contribution in [0.3, 0.4) is 0 Å². The molecule has 1 heterocycles. The number of benzene rings is 1. The van der Waals surface area contributed by atoms with E-state index in [-0.39, 0.29) is 17.5 Å². The van der Waals surface area contributed by atoms with E-state index in [1.807, 2.05) is 37.2 Å². The zero-order valence-corrected chi connectivity index (χ0v) is 10.8. The average Bonchev–Trinajstić information content (AvgIpc) is 2.64. The summed E-state index contributed by atoms with van der Waals surface area (Å²) < 4.78 is 0. The van der Waals surface area contributed by atoms with Crippen LogP contribution in [0.15, 0.2) is 23.0 Å². The van der Waals surface area contributed by atoms with E-state index in [1.165, 1.54) is 0 Å².